The molecule has 1 aliphatic rings. The molecule has 1 heterocycles. The van der Waals surface area contributed by atoms with Gasteiger partial charge >= 0.3 is 0 Å². The van der Waals surface area contributed by atoms with Crippen LogP contribution < -0.4 is 14.8 Å². The van der Waals surface area contributed by atoms with E-state index in [1.807, 2.05) is 43.1 Å². The van der Waals surface area contributed by atoms with Crippen LogP contribution in [0.2, 0.25) is 0 Å². The van der Waals surface area contributed by atoms with Gasteiger partial charge in [0, 0.05) is 18.3 Å². The van der Waals surface area contributed by atoms with Gasteiger partial charge in [-0.2, -0.15) is 0 Å². The minimum absolute atomic E-state index is 0.0534. The Hall–Kier alpha value is -2.53. The van der Waals surface area contributed by atoms with Crippen LogP contribution in [0.25, 0.3) is 0 Å². The van der Waals surface area contributed by atoms with Crippen molar-refractivity contribution >= 4 is 11.6 Å². The maximum atomic E-state index is 12.4. The number of nitrogens with zero attached hydrogens (tertiary/aromatic N) is 1. The molecule has 23 heavy (non-hydrogen) atoms. The average Bonchev–Trinajstić information content (AvgIpc) is 3.02. The first-order chi connectivity index (χ1) is 11.1. The molecule has 120 valence electrons. The van der Waals surface area contributed by atoms with Gasteiger partial charge in [0.05, 0.1) is 6.04 Å². The summed E-state index contributed by atoms with van der Waals surface area (Å²) in [6.45, 7) is 2.84. The lowest BCUT2D eigenvalue weighted by Crippen LogP contribution is -2.39. The molecule has 0 aromatic heterocycles. The Kier molecular flexibility index (Phi) is 4.48. The van der Waals surface area contributed by atoms with E-state index in [0.717, 1.165) is 6.54 Å². The largest absolute Gasteiger partial charge is 0.454 e. The van der Waals surface area contributed by atoms with E-state index < -0.39 is 0 Å². The van der Waals surface area contributed by atoms with Gasteiger partial charge in [-0.15, -0.1) is 0 Å². The van der Waals surface area contributed by atoms with Gasteiger partial charge in [-0.3, -0.25) is 9.69 Å². The van der Waals surface area contributed by atoms with Crippen molar-refractivity contribution in [3.8, 4) is 11.5 Å². The predicted molar refractivity (Wildman–Crippen MR) is 88.6 cm³/mol. The number of rotatable bonds is 5. The van der Waals surface area contributed by atoms with Crippen LogP contribution >= 0.6 is 0 Å². The van der Waals surface area contributed by atoms with Crippen molar-refractivity contribution in [1.29, 1.82) is 0 Å². The number of amides is 1. The van der Waals surface area contributed by atoms with Crippen molar-refractivity contribution in [3.63, 3.8) is 0 Å². The van der Waals surface area contributed by atoms with E-state index in [2.05, 4.69) is 17.4 Å². The Morgan fingerprint density at radius 3 is 2.70 bits per heavy atom. The van der Waals surface area contributed by atoms with Crippen molar-refractivity contribution in [2.24, 2.45) is 0 Å². The summed E-state index contributed by atoms with van der Waals surface area (Å²) in [7, 11) is 1.94. The Balaban J connectivity index is 1.61. The third-order valence-electron chi connectivity index (χ3n) is 3.96. The Bertz CT molecular complexity index is 688. The number of nitrogens with one attached hydrogen (secondary N) is 1. The number of likely N-dealkylation sites (N-methyl/N-ethyl adjacent to an activating group) is 1. The highest BCUT2D eigenvalue weighted by atomic mass is 16.7. The summed E-state index contributed by atoms with van der Waals surface area (Å²) in [6, 6.07) is 15.2. The highest BCUT2D eigenvalue weighted by Gasteiger charge is 2.20. The fraction of sp³-hybridized carbons (Fsp3) is 0.278. The molecule has 1 amide bonds. The third-order valence-corrected chi connectivity index (χ3v) is 3.96. The lowest BCUT2D eigenvalue weighted by molar-refractivity contribution is -0.120. The SMILES string of the molecule is C[C@@H](C(=O)Nc1ccc2c(c1)OCO2)N(C)Cc1ccccc1. The topological polar surface area (TPSA) is 50.8 Å². The van der Waals surface area contributed by atoms with Gasteiger partial charge in [-0.05, 0) is 31.7 Å². The first-order valence-corrected chi connectivity index (χ1v) is 7.58. The van der Waals surface area contributed by atoms with E-state index in [9.17, 15) is 4.79 Å². The van der Waals surface area contributed by atoms with Crippen molar-refractivity contribution in [2.75, 3.05) is 19.2 Å². The van der Waals surface area contributed by atoms with Gasteiger partial charge in [-0.1, -0.05) is 30.3 Å². The van der Waals surface area contributed by atoms with Crippen LogP contribution in [0.1, 0.15) is 12.5 Å². The summed E-state index contributed by atoms with van der Waals surface area (Å²) in [6.07, 6.45) is 0. The molecular formula is C18H20N2O3. The Morgan fingerprint density at radius 1 is 1.17 bits per heavy atom. The molecular weight excluding hydrogens is 292 g/mol. The van der Waals surface area contributed by atoms with E-state index in [1.165, 1.54) is 5.56 Å². The van der Waals surface area contributed by atoms with Gasteiger partial charge < -0.3 is 14.8 Å². The van der Waals surface area contributed by atoms with Gasteiger partial charge in [0.25, 0.3) is 0 Å². The minimum Gasteiger partial charge on any atom is -0.454 e. The van der Waals surface area contributed by atoms with Crippen LogP contribution in [0.5, 0.6) is 11.5 Å². The Labute approximate surface area is 135 Å². The number of benzene rings is 2. The van der Waals surface area contributed by atoms with Crippen LogP contribution in [-0.4, -0.2) is 30.7 Å². The quantitative estimate of drug-likeness (QED) is 0.922. The zero-order chi connectivity index (χ0) is 16.2. The molecule has 0 bridgehead atoms. The third kappa shape index (κ3) is 3.63. The van der Waals surface area contributed by atoms with Gasteiger partial charge in [0.2, 0.25) is 12.7 Å². The normalized spacial score (nSPS) is 13.9. The van der Waals surface area contributed by atoms with Crippen molar-refractivity contribution in [1.82, 2.24) is 4.90 Å². The van der Waals surface area contributed by atoms with E-state index >= 15 is 0 Å². The van der Waals surface area contributed by atoms with Gasteiger partial charge in [-0.25, -0.2) is 0 Å². The number of hydrogen-bond acceptors (Lipinski definition) is 4. The second-order valence-corrected chi connectivity index (χ2v) is 5.63. The summed E-state index contributed by atoms with van der Waals surface area (Å²) in [5, 5.41) is 2.92. The van der Waals surface area contributed by atoms with Crippen molar-refractivity contribution < 1.29 is 14.3 Å². The Morgan fingerprint density at radius 2 is 1.91 bits per heavy atom. The molecule has 0 saturated heterocycles. The van der Waals surface area contributed by atoms with Gasteiger partial charge in [0.1, 0.15) is 0 Å². The van der Waals surface area contributed by atoms with Crippen molar-refractivity contribution in [2.45, 2.75) is 19.5 Å². The number of carbonyl (C=O) groups is 1. The fourth-order valence-electron chi connectivity index (χ4n) is 2.43. The van der Waals surface area contributed by atoms with Crippen LogP contribution in [-0.2, 0) is 11.3 Å². The summed E-state index contributed by atoms with van der Waals surface area (Å²) in [5.41, 5.74) is 1.89. The van der Waals surface area contributed by atoms with Crippen LogP contribution in [0.3, 0.4) is 0 Å². The van der Waals surface area contributed by atoms with E-state index in [-0.39, 0.29) is 18.7 Å². The standard InChI is InChI=1S/C18H20N2O3/c1-13(20(2)11-14-6-4-3-5-7-14)18(21)19-15-8-9-16-17(10-15)23-12-22-16/h3-10,13H,11-12H2,1-2H3,(H,19,21)/t13-/m0/s1. The van der Waals surface area contributed by atoms with E-state index in [0.29, 0.717) is 17.2 Å². The summed E-state index contributed by atoms with van der Waals surface area (Å²) >= 11 is 0. The summed E-state index contributed by atoms with van der Waals surface area (Å²) < 4.78 is 10.6. The number of fused-ring (bicyclic) bond motifs is 1. The lowest BCUT2D eigenvalue weighted by atomic mass is 10.2. The van der Waals surface area contributed by atoms with E-state index in [1.54, 1.807) is 12.1 Å². The molecule has 3 rings (SSSR count). The van der Waals surface area contributed by atoms with Gasteiger partial charge in [0.15, 0.2) is 11.5 Å². The maximum Gasteiger partial charge on any atom is 0.241 e. The van der Waals surface area contributed by atoms with Crippen LogP contribution in [0.4, 0.5) is 5.69 Å². The second-order valence-electron chi connectivity index (χ2n) is 5.63. The van der Waals surface area contributed by atoms with E-state index in [4.69, 9.17) is 9.47 Å². The molecule has 1 N–H and O–H groups in total. The first-order valence-electron chi connectivity index (χ1n) is 7.58. The molecule has 1 atom stereocenters. The molecule has 1 aliphatic heterocycles. The molecule has 0 fully saturated rings. The molecule has 0 aliphatic carbocycles. The lowest BCUT2D eigenvalue weighted by Gasteiger charge is -2.24. The predicted octanol–water partition coefficient (Wildman–Crippen LogP) is 2.87. The highest BCUT2D eigenvalue weighted by molar-refractivity contribution is 5.94. The molecule has 0 spiro atoms. The number of hydrogen-bond donors (Lipinski definition) is 1. The number of carbonyl (C=O) groups excluding carboxylic acids is 1. The number of ether oxygens (including phenoxy) is 2. The molecule has 5 nitrogen and oxygen atoms in total. The first kappa shape index (κ1) is 15.4. The fourth-order valence-corrected chi connectivity index (χ4v) is 2.43. The summed E-state index contributed by atoms with van der Waals surface area (Å²) in [5.74, 6) is 1.31. The molecule has 0 unspecified atom stereocenters. The smallest absolute Gasteiger partial charge is 0.241 e. The average molecular weight is 312 g/mol. The number of anilines is 1. The molecule has 2 aromatic rings. The van der Waals surface area contributed by atoms with Crippen LogP contribution in [0, 0.1) is 0 Å². The summed E-state index contributed by atoms with van der Waals surface area (Å²) in [4.78, 5) is 14.4. The maximum absolute atomic E-state index is 12.4. The molecule has 0 radical (unpaired) electrons. The molecule has 0 saturated carbocycles. The zero-order valence-electron chi connectivity index (χ0n) is 13.3. The monoisotopic (exact) mass is 312 g/mol. The van der Waals surface area contributed by atoms with Crippen molar-refractivity contribution in [3.05, 3.63) is 54.1 Å². The van der Waals surface area contributed by atoms with Crippen LogP contribution in [0.15, 0.2) is 48.5 Å². The molecule has 5 heteroatoms. The highest BCUT2D eigenvalue weighted by Crippen LogP contribution is 2.34. The second kappa shape index (κ2) is 6.71. The zero-order valence-corrected chi connectivity index (χ0v) is 13.3. The minimum atomic E-state index is -0.249. The molecule has 2 aromatic carbocycles.